The predicted octanol–water partition coefficient (Wildman–Crippen LogP) is 4.37. The van der Waals surface area contributed by atoms with Gasteiger partial charge < -0.3 is 14.4 Å². The Kier molecular flexibility index (Phi) is 6.85. The van der Waals surface area contributed by atoms with Gasteiger partial charge in [0.15, 0.2) is 11.5 Å². The molecule has 31 heavy (non-hydrogen) atoms. The molecule has 160 valence electrons. The number of piperazine rings is 1. The highest BCUT2D eigenvalue weighted by molar-refractivity contribution is 5.78. The molecular formula is C26H28N2O3. The lowest BCUT2D eigenvalue weighted by Gasteiger charge is -2.35. The van der Waals surface area contributed by atoms with E-state index < -0.39 is 0 Å². The van der Waals surface area contributed by atoms with Crippen LogP contribution in [0.2, 0.25) is 0 Å². The number of hydrogen-bond acceptors (Lipinski definition) is 4. The molecule has 1 amide bonds. The van der Waals surface area contributed by atoms with Gasteiger partial charge in [0, 0.05) is 32.7 Å². The SMILES string of the molecule is COc1ccccc1Oc1cccc(CN2CCN(C(=O)Cc3ccccc3)CC2)c1. The third-order valence-corrected chi connectivity index (χ3v) is 5.52. The Morgan fingerprint density at radius 2 is 1.48 bits per heavy atom. The molecule has 3 aromatic carbocycles. The number of methoxy groups -OCH3 is 1. The highest BCUT2D eigenvalue weighted by atomic mass is 16.5. The average Bonchev–Trinajstić information content (AvgIpc) is 2.81. The van der Waals surface area contributed by atoms with E-state index >= 15 is 0 Å². The van der Waals surface area contributed by atoms with E-state index in [2.05, 4.69) is 17.0 Å². The largest absolute Gasteiger partial charge is 0.493 e. The zero-order valence-corrected chi connectivity index (χ0v) is 17.9. The summed E-state index contributed by atoms with van der Waals surface area (Å²) in [4.78, 5) is 16.9. The minimum absolute atomic E-state index is 0.207. The molecule has 0 aliphatic carbocycles. The van der Waals surface area contributed by atoms with Crippen LogP contribution >= 0.6 is 0 Å². The number of carbonyl (C=O) groups excluding carboxylic acids is 1. The van der Waals surface area contributed by atoms with Crippen molar-refractivity contribution in [1.29, 1.82) is 0 Å². The maximum Gasteiger partial charge on any atom is 0.227 e. The fourth-order valence-corrected chi connectivity index (χ4v) is 3.83. The number of nitrogens with zero attached hydrogens (tertiary/aromatic N) is 2. The number of hydrogen-bond donors (Lipinski definition) is 0. The molecule has 1 aliphatic rings. The molecule has 1 saturated heterocycles. The van der Waals surface area contributed by atoms with Crippen LogP contribution in [-0.4, -0.2) is 49.0 Å². The van der Waals surface area contributed by atoms with E-state index in [0.717, 1.165) is 44.0 Å². The smallest absolute Gasteiger partial charge is 0.227 e. The third-order valence-electron chi connectivity index (χ3n) is 5.52. The number of carbonyl (C=O) groups is 1. The van der Waals surface area contributed by atoms with E-state index in [1.54, 1.807) is 7.11 Å². The Hall–Kier alpha value is -3.31. The molecule has 1 fully saturated rings. The number of benzene rings is 3. The third kappa shape index (κ3) is 5.64. The van der Waals surface area contributed by atoms with Gasteiger partial charge in [0.1, 0.15) is 5.75 Å². The van der Waals surface area contributed by atoms with Gasteiger partial charge in [-0.1, -0.05) is 54.6 Å². The number of ether oxygens (including phenoxy) is 2. The molecular weight excluding hydrogens is 388 g/mol. The molecule has 0 atom stereocenters. The summed E-state index contributed by atoms with van der Waals surface area (Å²) >= 11 is 0. The van der Waals surface area contributed by atoms with Crippen LogP contribution in [-0.2, 0) is 17.8 Å². The number of amides is 1. The van der Waals surface area contributed by atoms with Crippen LogP contribution in [0.25, 0.3) is 0 Å². The first-order chi connectivity index (χ1) is 15.2. The predicted molar refractivity (Wildman–Crippen MR) is 122 cm³/mol. The molecule has 0 unspecified atom stereocenters. The minimum Gasteiger partial charge on any atom is -0.493 e. The highest BCUT2D eigenvalue weighted by Crippen LogP contribution is 2.31. The summed E-state index contributed by atoms with van der Waals surface area (Å²) in [7, 11) is 1.64. The van der Waals surface area contributed by atoms with Crippen LogP contribution in [0.1, 0.15) is 11.1 Å². The number of rotatable bonds is 7. The molecule has 1 heterocycles. The van der Waals surface area contributed by atoms with Gasteiger partial charge in [0.25, 0.3) is 0 Å². The van der Waals surface area contributed by atoms with Crippen LogP contribution < -0.4 is 9.47 Å². The summed E-state index contributed by atoms with van der Waals surface area (Å²) in [6.45, 7) is 4.12. The molecule has 0 N–H and O–H groups in total. The molecule has 0 spiro atoms. The Labute approximate surface area is 183 Å². The molecule has 5 nitrogen and oxygen atoms in total. The monoisotopic (exact) mass is 416 g/mol. The van der Waals surface area contributed by atoms with E-state index in [1.165, 1.54) is 5.56 Å². The van der Waals surface area contributed by atoms with Crippen LogP contribution in [0, 0.1) is 0 Å². The van der Waals surface area contributed by atoms with Crippen molar-refractivity contribution >= 4 is 5.91 Å². The molecule has 3 aromatic rings. The molecule has 5 heteroatoms. The Bertz CT molecular complexity index is 998. The van der Waals surface area contributed by atoms with Gasteiger partial charge in [-0.25, -0.2) is 0 Å². The quantitative estimate of drug-likeness (QED) is 0.573. The number of para-hydroxylation sites is 2. The Morgan fingerprint density at radius 3 is 2.23 bits per heavy atom. The van der Waals surface area contributed by atoms with E-state index in [4.69, 9.17) is 9.47 Å². The standard InChI is InChI=1S/C26H28N2O3/c1-30-24-12-5-6-13-25(24)31-23-11-7-10-22(18-23)20-27-14-16-28(17-15-27)26(29)19-21-8-3-2-4-9-21/h2-13,18H,14-17,19-20H2,1H3. The van der Waals surface area contributed by atoms with Crippen molar-refractivity contribution in [2.24, 2.45) is 0 Å². The summed E-state index contributed by atoms with van der Waals surface area (Å²) in [6, 6.07) is 25.7. The van der Waals surface area contributed by atoms with Crippen molar-refractivity contribution in [3.8, 4) is 17.2 Å². The van der Waals surface area contributed by atoms with E-state index in [0.29, 0.717) is 17.9 Å². The van der Waals surface area contributed by atoms with Crippen molar-refractivity contribution in [3.05, 3.63) is 90.0 Å². The van der Waals surface area contributed by atoms with Crippen molar-refractivity contribution < 1.29 is 14.3 Å². The Balaban J connectivity index is 1.30. The van der Waals surface area contributed by atoms with Gasteiger partial charge >= 0.3 is 0 Å². The van der Waals surface area contributed by atoms with Gasteiger partial charge in [-0.3, -0.25) is 9.69 Å². The highest BCUT2D eigenvalue weighted by Gasteiger charge is 2.21. The second-order valence-electron chi connectivity index (χ2n) is 7.72. The van der Waals surface area contributed by atoms with Gasteiger partial charge in [-0.15, -0.1) is 0 Å². The fraction of sp³-hybridized carbons (Fsp3) is 0.269. The normalized spacial score (nSPS) is 14.3. The zero-order valence-electron chi connectivity index (χ0n) is 17.9. The van der Waals surface area contributed by atoms with Gasteiger partial charge in [-0.05, 0) is 35.4 Å². The molecule has 1 aliphatic heterocycles. The first kappa shape index (κ1) is 20.9. The summed E-state index contributed by atoms with van der Waals surface area (Å²) in [5.74, 6) is 2.41. The lowest BCUT2D eigenvalue weighted by Crippen LogP contribution is -2.48. The average molecular weight is 417 g/mol. The van der Waals surface area contributed by atoms with Crippen LogP contribution in [0.4, 0.5) is 0 Å². The van der Waals surface area contributed by atoms with E-state index in [-0.39, 0.29) is 5.91 Å². The molecule has 0 saturated carbocycles. The molecule has 0 radical (unpaired) electrons. The Morgan fingerprint density at radius 1 is 0.806 bits per heavy atom. The van der Waals surface area contributed by atoms with Gasteiger partial charge in [0.05, 0.1) is 13.5 Å². The lowest BCUT2D eigenvalue weighted by molar-refractivity contribution is -0.132. The maximum atomic E-state index is 12.6. The lowest BCUT2D eigenvalue weighted by atomic mass is 10.1. The van der Waals surface area contributed by atoms with Crippen LogP contribution in [0.5, 0.6) is 17.2 Å². The van der Waals surface area contributed by atoms with Crippen LogP contribution in [0.3, 0.4) is 0 Å². The summed E-state index contributed by atoms with van der Waals surface area (Å²) in [5, 5.41) is 0. The van der Waals surface area contributed by atoms with Gasteiger partial charge in [0.2, 0.25) is 5.91 Å². The minimum atomic E-state index is 0.207. The maximum absolute atomic E-state index is 12.6. The second kappa shape index (κ2) is 10.1. The van der Waals surface area contributed by atoms with Crippen molar-refractivity contribution in [1.82, 2.24) is 9.80 Å². The summed E-state index contributed by atoms with van der Waals surface area (Å²) in [5.41, 5.74) is 2.26. The second-order valence-corrected chi connectivity index (χ2v) is 7.72. The molecule has 4 rings (SSSR count). The van der Waals surface area contributed by atoms with E-state index in [1.807, 2.05) is 71.6 Å². The summed E-state index contributed by atoms with van der Waals surface area (Å²) in [6.07, 6.45) is 0.475. The summed E-state index contributed by atoms with van der Waals surface area (Å²) < 4.78 is 11.4. The fourth-order valence-electron chi connectivity index (χ4n) is 3.83. The van der Waals surface area contributed by atoms with Gasteiger partial charge in [-0.2, -0.15) is 0 Å². The van der Waals surface area contributed by atoms with Crippen molar-refractivity contribution in [2.45, 2.75) is 13.0 Å². The topological polar surface area (TPSA) is 42.0 Å². The van der Waals surface area contributed by atoms with Crippen LogP contribution in [0.15, 0.2) is 78.9 Å². The zero-order chi connectivity index (χ0) is 21.5. The van der Waals surface area contributed by atoms with Crippen molar-refractivity contribution in [2.75, 3.05) is 33.3 Å². The molecule has 0 bridgehead atoms. The first-order valence-corrected chi connectivity index (χ1v) is 10.6. The molecule has 0 aromatic heterocycles. The van der Waals surface area contributed by atoms with E-state index in [9.17, 15) is 4.79 Å². The first-order valence-electron chi connectivity index (χ1n) is 10.6. The van der Waals surface area contributed by atoms with Crippen molar-refractivity contribution in [3.63, 3.8) is 0 Å².